The number of nitrogens with zero attached hydrogens (tertiary/aromatic N) is 3. The van der Waals surface area contributed by atoms with Gasteiger partial charge < -0.3 is 13.7 Å². The van der Waals surface area contributed by atoms with Gasteiger partial charge in [-0.3, -0.25) is 0 Å². The van der Waals surface area contributed by atoms with Gasteiger partial charge in [0, 0.05) is 49.4 Å². The molecule has 0 atom stereocenters. The molecule has 0 saturated heterocycles. The Morgan fingerprint density at radius 3 is 1.43 bits per heavy atom. The summed E-state index contributed by atoms with van der Waals surface area (Å²) < 4.78 is 7.42. The average Bonchev–Trinajstić information content (AvgIpc) is 3.82. The Kier molecular flexibility index (Phi) is 6.19. The third kappa shape index (κ3) is 4.22. The van der Waals surface area contributed by atoms with Gasteiger partial charge in [-0.05, 0) is 108 Å². The van der Waals surface area contributed by atoms with Crippen molar-refractivity contribution in [2.24, 2.45) is 0 Å². The first-order valence-electron chi connectivity index (χ1n) is 19.0. The highest BCUT2D eigenvalue weighted by molar-refractivity contribution is 6.29. The van der Waals surface area contributed by atoms with E-state index in [1.54, 1.807) is 0 Å². The number of aromatic nitrogens is 3. The van der Waals surface area contributed by atoms with Gasteiger partial charge in [-0.2, -0.15) is 0 Å². The van der Waals surface area contributed by atoms with Gasteiger partial charge in [-0.1, -0.05) is 107 Å². The minimum absolute atomic E-state index is 0.106. The van der Waals surface area contributed by atoms with Crippen LogP contribution in [0.15, 0.2) is 152 Å². The molecule has 256 valence electrons. The van der Waals surface area contributed by atoms with Gasteiger partial charge in [0.15, 0.2) is 0 Å². The topological polar surface area (TPSA) is 14.8 Å². The summed E-state index contributed by atoms with van der Waals surface area (Å²) in [4.78, 5) is 0. The molecular weight excluding hydrogens is 643 g/mol. The molecule has 1 aliphatic rings. The van der Waals surface area contributed by atoms with Gasteiger partial charge in [-0.25, -0.2) is 0 Å². The minimum atomic E-state index is 0.106. The number of hydrogen-bond donors (Lipinski definition) is 0. The first-order chi connectivity index (χ1) is 25.8. The van der Waals surface area contributed by atoms with Gasteiger partial charge in [0.1, 0.15) is 0 Å². The largest absolute Gasteiger partial charge is 0.309 e. The van der Waals surface area contributed by atoms with Crippen molar-refractivity contribution in [1.82, 2.24) is 13.7 Å². The van der Waals surface area contributed by atoms with E-state index in [1.807, 2.05) is 0 Å². The lowest BCUT2D eigenvalue weighted by Gasteiger charge is -2.42. The van der Waals surface area contributed by atoms with E-state index >= 15 is 0 Å². The van der Waals surface area contributed by atoms with Crippen molar-refractivity contribution in [3.63, 3.8) is 0 Å². The van der Waals surface area contributed by atoms with Crippen LogP contribution in [0.2, 0.25) is 0 Å². The molecule has 0 radical (unpaired) electrons. The molecule has 0 fully saturated rings. The van der Waals surface area contributed by atoms with E-state index in [1.165, 1.54) is 101 Å². The highest BCUT2D eigenvalue weighted by Gasteiger charge is 2.38. The van der Waals surface area contributed by atoms with Crippen LogP contribution in [0.25, 0.3) is 82.5 Å². The molecule has 3 heteroatoms. The van der Waals surface area contributed by atoms with E-state index in [4.69, 9.17) is 0 Å². The summed E-state index contributed by atoms with van der Waals surface area (Å²) in [6.07, 6.45) is 2.38. The van der Waals surface area contributed by atoms with Crippen LogP contribution in [0.5, 0.6) is 0 Å². The van der Waals surface area contributed by atoms with Crippen molar-refractivity contribution in [2.75, 3.05) is 0 Å². The molecule has 0 aliphatic heterocycles. The monoisotopic (exact) mass is 683 g/mol. The number of hydrogen-bond acceptors (Lipinski definition) is 0. The SMILES string of the molecule is CC1(C)CCC(C)(C)c2cc3c(cc21)c1c2c4ccccc4n(-c4ccc5c6ccccc6n(-c6ccccc6)c5c4)c2ccc1n3-c1ccccc1. The highest BCUT2D eigenvalue weighted by atomic mass is 15.0. The molecule has 10 aromatic rings. The molecule has 0 unspecified atom stereocenters. The molecule has 1 aliphatic carbocycles. The van der Waals surface area contributed by atoms with Crippen molar-refractivity contribution in [2.45, 2.75) is 51.4 Å². The van der Waals surface area contributed by atoms with E-state index in [0.717, 1.165) is 5.69 Å². The lowest BCUT2D eigenvalue weighted by Crippen LogP contribution is -2.33. The zero-order valence-electron chi connectivity index (χ0n) is 30.7. The molecule has 3 heterocycles. The van der Waals surface area contributed by atoms with Gasteiger partial charge in [0.25, 0.3) is 0 Å². The Labute approximate surface area is 309 Å². The van der Waals surface area contributed by atoms with Crippen molar-refractivity contribution in [3.05, 3.63) is 163 Å². The predicted octanol–water partition coefficient (Wildman–Crippen LogP) is 13.3. The third-order valence-corrected chi connectivity index (χ3v) is 12.5. The highest BCUT2D eigenvalue weighted by Crippen LogP contribution is 2.50. The normalized spacial score (nSPS) is 15.3. The average molecular weight is 684 g/mol. The fourth-order valence-electron chi connectivity index (χ4n) is 9.71. The van der Waals surface area contributed by atoms with E-state index in [2.05, 4.69) is 193 Å². The van der Waals surface area contributed by atoms with Crippen molar-refractivity contribution >= 4 is 65.4 Å². The minimum Gasteiger partial charge on any atom is -0.309 e. The zero-order valence-corrected chi connectivity index (χ0v) is 30.7. The Morgan fingerprint density at radius 2 is 0.792 bits per heavy atom. The molecule has 0 bridgehead atoms. The number of rotatable bonds is 3. The molecule has 0 spiro atoms. The summed E-state index contributed by atoms with van der Waals surface area (Å²) in [7, 11) is 0. The number of para-hydroxylation sites is 4. The zero-order chi connectivity index (χ0) is 35.6. The van der Waals surface area contributed by atoms with Crippen molar-refractivity contribution in [1.29, 1.82) is 0 Å². The van der Waals surface area contributed by atoms with Crippen LogP contribution in [0.1, 0.15) is 51.7 Å². The summed E-state index contributed by atoms with van der Waals surface area (Å²) in [5.41, 5.74) is 14.1. The maximum Gasteiger partial charge on any atom is 0.0561 e. The van der Waals surface area contributed by atoms with Gasteiger partial charge in [-0.15, -0.1) is 0 Å². The quantitative estimate of drug-likeness (QED) is 0.176. The van der Waals surface area contributed by atoms with Crippen molar-refractivity contribution < 1.29 is 0 Å². The molecule has 0 amide bonds. The number of fused-ring (bicyclic) bond motifs is 11. The number of benzene rings is 7. The first-order valence-corrected chi connectivity index (χ1v) is 19.0. The lowest BCUT2D eigenvalue weighted by molar-refractivity contribution is 0.332. The Hall–Kier alpha value is -6.06. The standard InChI is InChI=1S/C50H41N3/c1-49(2)27-28-50(3,4)40-31-46-38(30-39(40)49)48-44(52(46)33-17-9-6-10-18-33)26-25-43-47(48)37-20-12-14-22-42(37)53(43)34-23-24-36-35-19-11-13-21-41(35)51(45(36)29-34)32-15-7-5-8-16-32/h5-26,29-31H,27-28H2,1-4H3. The third-order valence-electron chi connectivity index (χ3n) is 12.5. The summed E-state index contributed by atoms with van der Waals surface area (Å²) in [5.74, 6) is 0. The fraction of sp³-hybridized carbons (Fsp3) is 0.160. The Bertz CT molecular complexity index is 3100. The second kappa shape index (κ2) is 10.7. The molecule has 3 aromatic heterocycles. The maximum atomic E-state index is 2.57. The van der Waals surface area contributed by atoms with Crippen LogP contribution in [0.4, 0.5) is 0 Å². The van der Waals surface area contributed by atoms with E-state index in [0.29, 0.717) is 0 Å². The molecule has 53 heavy (non-hydrogen) atoms. The predicted molar refractivity (Wildman–Crippen MR) is 225 cm³/mol. The smallest absolute Gasteiger partial charge is 0.0561 e. The molecule has 0 saturated carbocycles. The van der Waals surface area contributed by atoms with E-state index in [9.17, 15) is 0 Å². The van der Waals surface area contributed by atoms with Crippen LogP contribution >= 0.6 is 0 Å². The lowest BCUT2D eigenvalue weighted by atomic mass is 9.63. The Morgan fingerprint density at radius 1 is 0.340 bits per heavy atom. The summed E-state index contributed by atoms with van der Waals surface area (Å²) >= 11 is 0. The van der Waals surface area contributed by atoms with Gasteiger partial charge >= 0.3 is 0 Å². The van der Waals surface area contributed by atoms with Gasteiger partial charge in [0.2, 0.25) is 0 Å². The van der Waals surface area contributed by atoms with E-state index in [-0.39, 0.29) is 10.8 Å². The second-order valence-electron chi connectivity index (χ2n) is 16.4. The Balaban J connectivity index is 1.28. The fourth-order valence-corrected chi connectivity index (χ4v) is 9.71. The molecule has 3 nitrogen and oxygen atoms in total. The molecular formula is C50H41N3. The second-order valence-corrected chi connectivity index (χ2v) is 16.4. The van der Waals surface area contributed by atoms with Crippen LogP contribution in [-0.2, 0) is 10.8 Å². The summed E-state index contributed by atoms with van der Waals surface area (Å²) in [5, 5.41) is 7.79. The van der Waals surface area contributed by atoms with Gasteiger partial charge in [0.05, 0.1) is 33.1 Å². The van der Waals surface area contributed by atoms with Crippen LogP contribution in [0, 0.1) is 0 Å². The maximum absolute atomic E-state index is 2.57. The molecule has 0 N–H and O–H groups in total. The van der Waals surface area contributed by atoms with Crippen LogP contribution in [-0.4, -0.2) is 13.7 Å². The molecule has 11 rings (SSSR count). The molecule has 7 aromatic carbocycles. The summed E-state index contributed by atoms with van der Waals surface area (Å²) in [6, 6.07) is 56.4. The van der Waals surface area contributed by atoms with E-state index < -0.39 is 0 Å². The first kappa shape index (κ1) is 30.6. The summed E-state index contributed by atoms with van der Waals surface area (Å²) in [6.45, 7) is 9.75. The van der Waals surface area contributed by atoms with Crippen LogP contribution < -0.4 is 0 Å². The van der Waals surface area contributed by atoms with Crippen molar-refractivity contribution in [3.8, 4) is 17.1 Å². The van der Waals surface area contributed by atoms with Crippen LogP contribution in [0.3, 0.4) is 0 Å².